The van der Waals surface area contributed by atoms with Gasteiger partial charge < -0.3 is 11.1 Å². The van der Waals surface area contributed by atoms with Gasteiger partial charge in [-0.05, 0) is 35.6 Å². The third kappa shape index (κ3) is 2.58. The van der Waals surface area contributed by atoms with Crippen molar-refractivity contribution in [2.45, 2.75) is 13.3 Å². The van der Waals surface area contributed by atoms with Crippen molar-refractivity contribution in [1.29, 1.82) is 0 Å². The molecule has 0 aliphatic rings. The molecule has 0 fully saturated rings. The average molecular weight is 282 g/mol. The van der Waals surface area contributed by atoms with Gasteiger partial charge in [0.05, 0.1) is 10.6 Å². The number of nitrogens with two attached hydrogens (primary N) is 1. The van der Waals surface area contributed by atoms with Crippen LogP contribution in [-0.4, -0.2) is 5.91 Å². The van der Waals surface area contributed by atoms with Crippen LogP contribution >= 0.6 is 11.3 Å². The number of nitrogens with one attached hydrogen (secondary N) is 1. The van der Waals surface area contributed by atoms with E-state index < -0.39 is 17.5 Å². The van der Waals surface area contributed by atoms with Gasteiger partial charge in [0.2, 0.25) is 0 Å². The molecule has 0 bridgehead atoms. The van der Waals surface area contributed by atoms with Crippen LogP contribution < -0.4 is 11.1 Å². The van der Waals surface area contributed by atoms with E-state index in [-0.39, 0.29) is 11.4 Å². The molecule has 3 nitrogen and oxygen atoms in total. The minimum Gasteiger partial charge on any atom is -0.397 e. The molecule has 0 atom stereocenters. The van der Waals surface area contributed by atoms with Crippen molar-refractivity contribution in [3.8, 4) is 0 Å². The zero-order valence-corrected chi connectivity index (χ0v) is 11.0. The van der Waals surface area contributed by atoms with E-state index in [4.69, 9.17) is 5.73 Å². The monoisotopic (exact) mass is 282 g/mol. The topological polar surface area (TPSA) is 55.1 Å². The van der Waals surface area contributed by atoms with E-state index in [9.17, 15) is 13.6 Å². The minimum absolute atomic E-state index is 0.0122. The number of anilines is 2. The van der Waals surface area contributed by atoms with Gasteiger partial charge in [0, 0.05) is 0 Å². The van der Waals surface area contributed by atoms with Crippen LogP contribution in [0.4, 0.5) is 20.2 Å². The van der Waals surface area contributed by atoms with Gasteiger partial charge >= 0.3 is 0 Å². The number of aryl methyl sites for hydroxylation is 1. The molecule has 0 aliphatic carbocycles. The van der Waals surface area contributed by atoms with Crippen molar-refractivity contribution in [3.05, 3.63) is 45.7 Å². The average Bonchev–Trinajstić information content (AvgIpc) is 2.87. The Kier molecular flexibility index (Phi) is 3.80. The highest BCUT2D eigenvalue weighted by Crippen LogP contribution is 2.26. The summed E-state index contributed by atoms with van der Waals surface area (Å²) in [4.78, 5) is 12.5. The summed E-state index contributed by atoms with van der Waals surface area (Å²) in [7, 11) is 0. The largest absolute Gasteiger partial charge is 0.397 e. The molecule has 1 aromatic heterocycles. The van der Waals surface area contributed by atoms with Gasteiger partial charge in [-0.25, -0.2) is 8.78 Å². The summed E-state index contributed by atoms with van der Waals surface area (Å²) in [5.74, 6) is -2.68. The number of hydrogen-bond acceptors (Lipinski definition) is 3. The Morgan fingerprint density at radius 3 is 2.79 bits per heavy atom. The van der Waals surface area contributed by atoms with Crippen molar-refractivity contribution in [2.24, 2.45) is 0 Å². The Hall–Kier alpha value is -1.95. The highest BCUT2D eigenvalue weighted by atomic mass is 32.1. The lowest BCUT2D eigenvalue weighted by atomic mass is 10.2. The number of benzene rings is 1. The van der Waals surface area contributed by atoms with E-state index in [1.54, 1.807) is 5.38 Å². The standard InChI is InChI=1S/C13H12F2N2OS/c1-2-7-5-6-19-12(7)13(18)17-11-9(16)4-3-8(14)10(11)15/h3-6H,2,16H2,1H3,(H,17,18). The van der Waals surface area contributed by atoms with Crippen LogP contribution in [0.5, 0.6) is 0 Å². The quantitative estimate of drug-likeness (QED) is 0.847. The molecular formula is C13H12F2N2OS. The van der Waals surface area contributed by atoms with Crippen LogP contribution in [0.15, 0.2) is 23.6 Å². The number of thiophene rings is 1. The van der Waals surface area contributed by atoms with Crippen molar-refractivity contribution in [3.63, 3.8) is 0 Å². The van der Waals surface area contributed by atoms with E-state index in [1.807, 2.05) is 13.0 Å². The Morgan fingerprint density at radius 2 is 2.11 bits per heavy atom. The van der Waals surface area contributed by atoms with Gasteiger partial charge in [0.15, 0.2) is 11.6 Å². The molecular weight excluding hydrogens is 270 g/mol. The summed E-state index contributed by atoms with van der Waals surface area (Å²) < 4.78 is 26.7. The second-order valence-electron chi connectivity index (χ2n) is 3.91. The van der Waals surface area contributed by atoms with Crippen LogP contribution in [0.2, 0.25) is 0 Å². The first-order chi connectivity index (χ1) is 9.04. The zero-order valence-electron chi connectivity index (χ0n) is 10.2. The summed E-state index contributed by atoms with van der Waals surface area (Å²) in [6, 6.07) is 3.96. The first kappa shape index (κ1) is 13.5. The van der Waals surface area contributed by atoms with Crippen molar-refractivity contribution < 1.29 is 13.6 Å². The van der Waals surface area contributed by atoms with Crippen LogP contribution in [0, 0.1) is 11.6 Å². The molecule has 3 N–H and O–H groups in total. The van der Waals surface area contributed by atoms with Crippen molar-refractivity contribution in [1.82, 2.24) is 0 Å². The number of carbonyl (C=O) groups is 1. The maximum Gasteiger partial charge on any atom is 0.266 e. The summed E-state index contributed by atoms with van der Waals surface area (Å²) >= 11 is 1.25. The first-order valence-corrected chi connectivity index (χ1v) is 6.53. The minimum atomic E-state index is -1.15. The lowest BCUT2D eigenvalue weighted by Crippen LogP contribution is -2.15. The molecule has 19 heavy (non-hydrogen) atoms. The van der Waals surface area contributed by atoms with Gasteiger partial charge in [-0.15, -0.1) is 11.3 Å². The van der Waals surface area contributed by atoms with Crippen LogP contribution in [0.1, 0.15) is 22.2 Å². The lowest BCUT2D eigenvalue weighted by molar-refractivity contribution is 0.102. The highest BCUT2D eigenvalue weighted by Gasteiger charge is 2.18. The second-order valence-corrected chi connectivity index (χ2v) is 4.82. The number of nitrogen functional groups attached to an aromatic ring is 1. The Balaban J connectivity index is 2.32. The number of hydrogen-bond donors (Lipinski definition) is 2. The normalized spacial score (nSPS) is 10.5. The fourth-order valence-corrected chi connectivity index (χ4v) is 2.57. The fraction of sp³-hybridized carbons (Fsp3) is 0.154. The summed E-state index contributed by atoms with van der Waals surface area (Å²) in [5.41, 5.74) is 6.07. The van der Waals surface area contributed by atoms with Crippen LogP contribution in [0.3, 0.4) is 0 Å². The molecule has 2 aromatic rings. The number of halogens is 2. The zero-order chi connectivity index (χ0) is 14.0. The second kappa shape index (κ2) is 5.36. The molecule has 0 radical (unpaired) electrons. The SMILES string of the molecule is CCc1ccsc1C(=O)Nc1c(N)ccc(F)c1F. The summed E-state index contributed by atoms with van der Waals surface area (Å²) in [6.07, 6.45) is 0.688. The molecule has 0 saturated heterocycles. The Bertz CT molecular complexity index is 625. The molecule has 0 spiro atoms. The van der Waals surface area contributed by atoms with E-state index in [0.717, 1.165) is 11.6 Å². The lowest BCUT2D eigenvalue weighted by Gasteiger charge is -2.09. The molecule has 2 rings (SSSR count). The van der Waals surface area contributed by atoms with Gasteiger partial charge in [-0.2, -0.15) is 0 Å². The van der Waals surface area contributed by atoms with E-state index in [1.165, 1.54) is 17.4 Å². The number of amides is 1. The van der Waals surface area contributed by atoms with E-state index >= 15 is 0 Å². The van der Waals surface area contributed by atoms with Crippen LogP contribution in [0.25, 0.3) is 0 Å². The summed E-state index contributed by atoms with van der Waals surface area (Å²) in [6.45, 7) is 1.91. The van der Waals surface area contributed by atoms with Gasteiger partial charge in [0.1, 0.15) is 5.69 Å². The molecule has 1 amide bonds. The third-order valence-electron chi connectivity index (χ3n) is 2.70. The van der Waals surface area contributed by atoms with E-state index in [2.05, 4.69) is 5.32 Å². The molecule has 6 heteroatoms. The molecule has 0 unspecified atom stereocenters. The first-order valence-electron chi connectivity index (χ1n) is 5.65. The predicted molar refractivity (Wildman–Crippen MR) is 72.4 cm³/mol. The molecule has 1 aromatic carbocycles. The van der Waals surface area contributed by atoms with Gasteiger partial charge in [-0.1, -0.05) is 6.92 Å². The fourth-order valence-electron chi connectivity index (χ4n) is 1.68. The molecule has 1 heterocycles. The molecule has 0 aliphatic heterocycles. The highest BCUT2D eigenvalue weighted by molar-refractivity contribution is 7.12. The van der Waals surface area contributed by atoms with Crippen molar-refractivity contribution >= 4 is 28.6 Å². The third-order valence-corrected chi connectivity index (χ3v) is 3.65. The summed E-state index contributed by atoms with van der Waals surface area (Å²) in [5, 5.41) is 4.10. The van der Waals surface area contributed by atoms with Crippen molar-refractivity contribution in [2.75, 3.05) is 11.1 Å². The van der Waals surface area contributed by atoms with Gasteiger partial charge in [0.25, 0.3) is 5.91 Å². The van der Waals surface area contributed by atoms with Gasteiger partial charge in [-0.3, -0.25) is 4.79 Å². The maximum absolute atomic E-state index is 13.6. The predicted octanol–water partition coefficient (Wildman–Crippen LogP) is 3.42. The Labute approximate surface area is 113 Å². The Morgan fingerprint density at radius 1 is 1.37 bits per heavy atom. The number of rotatable bonds is 3. The molecule has 100 valence electrons. The van der Waals surface area contributed by atoms with Crippen LogP contribution in [-0.2, 0) is 6.42 Å². The molecule has 0 saturated carbocycles. The maximum atomic E-state index is 13.6. The smallest absolute Gasteiger partial charge is 0.266 e. The van der Waals surface area contributed by atoms with E-state index in [0.29, 0.717) is 11.3 Å². The number of carbonyl (C=O) groups excluding carboxylic acids is 1.